The molecule has 0 aromatic heterocycles. The van der Waals surface area contributed by atoms with Gasteiger partial charge < -0.3 is 20.7 Å². The van der Waals surface area contributed by atoms with Crippen molar-refractivity contribution in [2.45, 2.75) is 32.4 Å². The highest BCUT2D eigenvalue weighted by Crippen LogP contribution is 2.15. The van der Waals surface area contributed by atoms with E-state index in [4.69, 9.17) is 4.74 Å². The van der Waals surface area contributed by atoms with Crippen molar-refractivity contribution in [3.8, 4) is 0 Å². The molecule has 2 aromatic rings. The second kappa shape index (κ2) is 10.0. The number of carbonyl (C=O) groups is 2. The monoisotopic (exact) mass is 382 g/mol. The van der Waals surface area contributed by atoms with E-state index in [1.165, 1.54) is 5.56 Å². The predicted octanol–water partition coefficient (Wildman–Crippen LogP) is 1.61. The lowest BCUT2D eigenvalue weighted by atomic mass is 10.1. The predicted molar refractivity (Wildman–Crippen MR) is 108 cm³/mol. The standard InChI is InChI=1S/C22H27N3O3/c1-16-8-10-17(11-9-16)13-24-22(27)19-6-2-3-7-20(19)25-21(26)15-23-14-18-5-4-12-28-18/h2-3,6-11,18,23H,4-5,12-15H2,1H3,(H,24,27)(H,25,26)/p+1/t18-/m0/s1. The first-order valence-electron chi connectivity index (χ1n) is 9.77. The zero-order chi connectivity index (χ0) is 19.8. The first-order chi connectivity index (χ1) is 13.6. The minimum atomic E-state index is -0.209. The number of rotatable bonds is 8. The molecule has 0 spiro atoms. The van der Waals surface area contributed by atoms with Crippen LogP contribution in [0.15, 0.2) is 48.5 Å². The summed E-state index contributed by atoms with van der Waals surface area (Å²) in [4.78, 5) is 24.8. The van der Waals surface area contributed by atoms with Crippen molar-refractivity contribution in [1.29, 1.82) is 0 Å². The fourth-order valence-electron chi connectivity index (χ4n) is 3.21. The molecule has 28 heavy (non-hydrogen) atoms. The molecule has 1 aliphatic heterocycles. The molecule has 0 unspecified atom stereocenters. The van der Waals surface area contributed by atoms with E-state index in [1.54, 1.807) is 18.2 Å². The Morgan fingerprint density at radius 2 is 1.93 bits per heavy atom. The quantitative estimate of drug-likeness (QED) is 0.649. The molecule has 4 N–H and O–H groups in total. The van der Waals surface area contributed by atoms with E-state index in [1.807, 2.05) is 42.6 Å². The Kier molecular flexibility index (Phi) is 7.17. The molecule has 6 nitrogen and oxygen atoms in total. The van der Waals surface area contributed by atoms with Crippen LogP contribution < -0.4 is 16.0 Å². The number of ether oxygens (including phenoxy) is 1. The molecule has 148 valence electrons. The molecule has 0 aliphatic carbocycles. The number of hydrogen-bond acceptors (Lipinski definition) is 3. The van der Waals surface area contributed by atoms with Gasteiger partial charge in [-0.25, -0.2) is 0 Å². The van der Waals surface area contributed by atoms with Gasteiger partial charge in [0.05, 0.1) is 11.3 Å². The number of nitrogens with one attached hydrogen (secondary N) is 2. The number of hydrogen-bond donors (Lipinski definition) is 3. The fraction of sp³-hybridized carbons (Fsp3) is 0.364. The van der Waals surface area contributed by atoms with E-state index in [-0.39, 0.29) is 17.9 Å². The second-order valence-corrected chi connectivity index (χ2v) is 7.13. The van der Waals surface area contributed by atoms with Gasteiger partial charge in [-0.15, -0.1) is 0 Å². The lowest BCUT2D eigenvalue weighted by Gasteiger charge is -2.12. The summed E-state index contributed by atoms with van der Waals surface area (Å²) >= 11 is 0. The average Bonchev–Trinajstić information content (AvgIpc) is 3.21. The zero-order valence-electron chi connectivity index (χ0n) is 16.2. The fourth-order valence-corrected chi connectivity index (χ4v) is 3.21. The van der Waals surface area contributed by atoms with Crippen molar-refractivity contribution in [1.82, 2.24) is 5.32 Å². The average molecular weight is 382 g/mol. The summed E-state index contributed by atoms with van der Waals surface area (Å²) in [7, 11) is 0. The maximum Gasteiger partial charge on any atom is 0.279 e. The molecule has 1 fully saturated rings. The molecule has 1 aliphatic rings. The lowest BCUT2D eigenvalue weighted by Crippen LogP contribution is -2.88. The van der Waals surface area contributed by atoms with Crippen LogP contribution in [0.3, 0.4) is 0 Å². The first-order valence-corrected chi connectivity index (χ1v) is 9.77. The van der Waals surface area contributed by atoms with Crippen molar-refractivity contribution in [2.75, 3.05) is 25.0 Å². The molecule has 1 atom stereocenters. The van der Waals surface area contributed by atoms with E-state index in [0.717, 1.165) is 31.6 Å². The van der Waals surface area contributed by atoms with E-state index in [0.29, 0.717) is 24.3 Å². The summed E-state index contributed by atoms with van der Waals surface area (Å²) in [5.74, 6) is -0.336. The van der Waals surface area contributed by atoms with Gasteiger partial charge in [-0.3, -0.25) is 9.59 Å². The van der Waals surface area contributed by atoms with Crippen LogP contribution in [0.25, 0.3) is 0 Å². The number of nitrogens with two attached hydrogens (primary N) is 1. The molecular formula is C22H28N3O3+. The summed E-state index contributed by atoms with van der Waals surface area (Å²) in [6.07, 6.45) is 2.39. The van der Waals surface area contributed by atoms with Gasteiger partial charge in [0, 0.05) is 13.2 Å². The molecule has 6 heteroatoms. The molecule has 3 rings (SSSR count). The second-order valence-electron chi connectivity index (χ2n) is 7.13. The first kappa shape index (κ1) is 20.0. The van der Waals surface area contributed by atoms with Crippen LogP contribution in [0.5, 0.6) is 0 Å². The number of para-hydroxylation sites is 1. The normalized spacial score (nSPS) is 16.0. The Labute approximate surface area is 165 Å². The highest BCUT2D eigenvalue weighted by molar-refractivity contribution is 6.03. The molecule has 0 bridgehead atoms. The third-order valence-electron chi connectivity index (χ3n) is 4.80. The van der Waals surface area contributed by atoms with Gasteiger partial charge in [-0.1, -0.05) is 42.0 Å². The summed E-state index contributed by atoms with van der Waals surface area (Å²) in [6, 6.07) is 15.1. The minimum Gasteiger partial charge on any atom is -0.372 e. The number of carbonyl (C=O) groups excluding carboxylic acids is 2. The van der Waals surface area contributed by atoms with Crippen LogP contribution in [-0.2, 0) is 16.1 Å². The van der Waals surface area contributed by atoms with Crippen LogP contribution in [0.2, 0.25) is 0 Å². The highest BCUT2D eigenvalue weighted by Gasteiger charge is 2.18. The Hall–Kier alpha value is -2.70. The van der Waals surface area contributed by atoms with Crippen LogP contribution in [0, 0.1) is 6.92 Å². The molecule has 2 aromatic carbocycles. The Morgan fingerprint density at radius 3 is 2.68 bits per heavy atom. The van der Waals surface area contributed by atoms with Crippen molar-refractivity contribution < 1.29 is 19.6 Å². The summed E-state index contributed by atoms with van der Waals surface area (Å²) in [6.45, 7) is 4.37. The smallest absolute Gasteiger partial charge is 0.279 e. The maximum absolute atomic E-state index is 12.6. The van der Waals surface area contributed by atoms with E-state index < -0.39 is 0 Å². The molecular weight excluding hydrogens is 354 g/mol. The number of aryl methyl sites for hydroxylation is 1. The van der Waals surface area contributed by atoms with Crippen molar-refractivity contribution in [2.24, 2.45) is 0 Å². The van der Waals surface area contributed by atoms with Gasteiger partial charge >= 0.3 is 0 Å². The van der Waals surface area contributed by atoms with Crippen molar-refractivity contribution in [3.05, 3.63) is 65.2 Å². The summed E-state index contributed by atoms with van der Waals surface area (Å²) < 4.78 is 5.56. The minimum absolute atomic E-state index is 0.128. The zero-order valence-corrected chi connectivity index (χ0v) is 16.2. The van der Waals surface area contributed by atoms with Gasteiger partial charge in [0.1, 0.15) is 12.6 Å². The number of benzene rings is 2. The maximum atomic E-state index is 12.6. The van der Waals surface area contributed by atoms with Gasteiger partial charge in [-0.2, -0.15) is 0 Å². The lowest BCUT2D eigenvalue weighted by molar-refractivity contribution is -0.649. The van der Waals surface area contributed by atoms with Crippen molar-refractivity contribution in [3.63, 3.8) is 0 Å². The van der Waals surface area contributed by atoms with Gasteiger partial charge in [-0.05, 0) is 37.5 Å². The Morgan fingerprint density at radius 1 is 1.14 bits per heavy atom. The SMILES string of the molecule is Cc1ccc(CNC(=O)c2ccccc2NC(=O)C[NH2+]C[C@@H]2CCCO2)cc1. The Balaban J connectivity index is 1.51. The molecule has 2 amide bonds. The largest absolute Gasteiger partial charge is 0.372 e. The molecule has 1 saturated heterocycles. The third kappa shape index (κ3) is 5.90. The number of quaternary nitrogens is 1. The van der Waals surface area contributed by atoms with Crippen LogP contribution in [-0.4, -0.2) is 37.6 Å². The van der Waals surface area contributed by atoms with Gasteiger partial charge in [0.2, 0.25) is 0 Å². The Bertz CT molecular complexity index is 799. The van der Waals surface area contributed by atoms with Crippen LogP contribution in [0.4, 0.5) is 5.69 Å². The summed E-state index contributed by atoms with van der Waals surface area (Å²) in [5, 5.41) is 7.71. The highest BCUT2D eigenvalue weighted by atomic mass is 16.5. The van der Waals surface area contributed by atoms with E-state index >= 15 is 0 Å². The third-order valence-corrected chi connectivity index (χ3v) is 4.80. The van der Waals surface area contributed by atoms with E-state index in [2.05, 4.69) is 10.6 Å². The van der Waals surface area contributed by atoms with E-state index in [9.17, 15) is 9.59 Å². The number of amides is 2. The van der Waals surface area contributed by atoms with Gasteiger partial charge in [0.15, 0.2) is 6.54 Å². The van der Waals surface area contributed by atoms with Gasteiger partial charge in [0.25, 0.3) is 11.8 Å². The van der Waals surface area contributed by atoms with Crippen molar-refractivity contribution >= 4 is 17.5 Å². The number of anilines is 1. The summed E-state index contributed by atoms with van der Waals surface area (Å²) in [5.41, 5.74) is 3.20. The van der Waals surface area contributed by atoms with Crippen LogP contribution in [0.1, 0.15) is 34.3 Å². The molecule has 0 radical (unpaired) electrons. The molecule has 1 heterocycles. The topological polar surface area (TPSA) is 84.0 Å². The van der Waals surface area contributed by atoms with Crippen LogP contribution >= 0.6 is 0 Å². The molecule has 0 saturated carbocycles.